The zero-order chi connectivity index (χ0) is 13.2. The minimum atomic E-state index is -0.793. The molecule has 0 aromatic carbocycles. The molecule has 18 heavy (non-hydrogen) atoms. The van der Waals surface area contributed by atoms with Crippen LogP contribution in [0.4, 0.5) is 0 Å². The maximum atomic E-state index is 11.4. The van der Waals surface area contributed by atoms with Crippen molar-refractivity contribution in [1.82, 2.24) is 0 Å². The third-order valence-corrected chi connectivity index (χ3v) is 4.82. The van der Waals surface area contributed by atoms with E-state index in [0.29, 0.717) is 28.9 Å². The van der Waals surface area contributed by atoms with Crippen LogP contribution in [0.3, 0.4) is 0 Å². The van der Waals surface area contributed by atoms with Gasteiger partial charge < -0.3 is 10.2 Å². The summed E-state index contributed by atoms with van der Waals surface area (Å²) in [6, 6.07) is 0. The number of rotatable bonds is 2. The lowest BCUT2D eigenvalue weighted by atomic mass is 8.84. The van der Waals surface area contributed by atoms with Crippen LogP contribution in [-0.4, -0.2) is 93.4 Å². The summed E-state index contributed by atoms with van der Waals surface area (Å²) in [6.07, 6.45) is 0. The predicted octanol–water partition coefficient (Wildman–Crippen LogP) is -6.90. The normalized spacial score (nSPS) is 32.7. The van der Waals surface area contributed by atoms with Gasteiger partial charge in [0.05, 0.1) is 14.3 Å². The number of carboxylic acids is 2. The van der Waals surface area contributed by atoms with Gasteiger partial charge in [0.2, 0.25) is 0 Å². The second-order valence-corrected chi connectivity index (χ2v) is 6.15. The Labute approximate surface area is 113 Å². The monoisotopic (exact) mass is 234 g/mol. The first-order valence-corrected chi connectivity index (χ1v) is 6.98. The standard InChI is InChI=1S/C4H12B10O4/c15-1(16)3-5-4(6-3,2(17)18)8-10-12-14-13-11-9-7-3/h5-14H,(H,15,16)(H,17,18). The van der Waals surface area contributed by atoms with E-state index < -0.39 is 22.2 Å². The van der Waals surface area contributed by atoms with Crippen molar-refractivity contribution in [3.05, 3.63) is 0 Å². The summed E-state index contributed by atoms with van der Waals surface area (Å²) in [5.74, 6) is -1.59. The molecule has 0 spiro atoms. The summed E-state index contributed by atoms with van der Waals surface area (Å²) in [5.41, 5.74) is 0. The van der Waals surface area contributed by atoms with Crippen LogP contribution in [0.15, 0.2) is 0 Å². The van der Waals surface area contributed by atoms with E-state index in [1.54, 1.807) is 0 Å². The Morgan fingerprint density at radius 1 is 0.667 bits per heavy atom. The molecule has 3 fully saturated rings. The van der Waals surface area contributed by atoms with Gasteiger partial charge in [-0.05, 0) is 10.2 Å². The molecule has 2 N–H and O–H groups in total. The fourth-order valence-corrected chi connectivity index (χ4v) is 3.75. The molecular formula is C4H12B10O4. The number of fused-ring (bicyclic) bond motifs is 7. The fourth-order valence-electron chi connectivity index (χ4n) is 3.75. The zero-order valence-electron chi connectivity index (χ0n) is 10.8. The summed E-state index contributed by atoms with van der Waals surface area (Å²) >= 11 is 0. The average Bonchev–Trinajstić information content (AvgIpc) is 2.32. The molecule has 3 heterocycles. The summed E-state index contributed by atoms with van der Waals surface area (Å²) < 4.78 is 0. The smallest absolute Gasteiger partial charge is 0.286 e. The largest absolute Gasteiger partial charge is 0.482 e. The van der Waals surface area contributed by atoms with Crippen LogP contribution >= 0.6 is 0 Å². The highest BCUT2D eigenvalue weighted by Crippen LogP contribution is 2.48. The summed E-state index contributed by atoms with van der Waals surface area (Å²) in [7, 11) is 8.27. The van der Waals surface area contributed by atoms with Crippen molar-refractivity contribution in [3.63, 3.8) is 0 Å². The fraction of sp³-hybridized carbons (Fsp3) is 0.500. The Morgan fingerprint density at radius 2 is 1.00 bits per heavy atom. The zero-order valence-corrected chi connectivity index (χ0v) is 10.8. The topological polar surface area (TPSA) is 74.6 Å². The molecule has 14 heteroatoms. The number of carboxylic acid groups (broad SMARTS) is 2. The van der Waals surface area contributed by atoms with Crippen LogP contribution in [0.2, 0.25) is 10.2 Å². The number of hydrogen-bond acceptors (Lipinski definition) is 2. The Kier molecular flexibility index (Phi) is 4.12. The molecule has 0 unspecified atom stereocenters. The van der Waals surface area contributed by atoms with E-state index in [1.807, 2.05) is 0 Å². The van der Waals surface area contributed by atoms with E-state index in [2.05, 4.69) is 0 Å². The molecule has 3 rings (SSSR count). The van der Waals surface area contributed by atoms with Gasteiger partial charge in [-0.3, -0.25) is 9.59 Å². The summed E-state index contributed by atoms with van der Waals surface area (Å²) in [4.78, 5) is 22.9. The van der Waals surface area contributed by atoms with E-state index in [-0.39, 0.29) is 0 Å². The van der Waals surface area contributed by atoms with Crippen molar-refractivity contribution >= 4 is 83.2 Å². The van der Waals surface area contributed by atoms with Gasteiger partial charge in [-0.15, -0.1) is 0 Å². The highest BCUT2D eigenvalue weighted by atomic mass is 16.4. The molecule has 0 aliphatic carbocycles. The second kappa shape index (κ2) is 5.30. The predicted molar refractivity (Wildman–Crippen MR) is 92.1 cm³/mol. The van der Waals surface area contributed by atoms with Gasteiger partial charge >= 0.3 is 0 Å². The number of aliphatic carboxylic acids is 2. The van der Waals surface area contributed by atoms with Crippen molar-refractivity contribution in [2.75, 3.05) is 0 Å². The van der Waals surface area contributed by atoms with E-state index in [9.17, 15) is 19.8 Å². The molecule has 0 radical (unpaired) electrons. The molecule has 3 aliphatic rings. The number of hydrogen-bond donors (Lipinski definition) is 2. The Bertz CT molecular complexity index is 322. The third-order valence-electron chi connectivity index (χ3n) is 4.82. The first kappa shape index (κ1) is 14.0. The van der Waals surface area contributed by atoms with Crippen LogP contribution in [-0.2, 0) is 9.59 Å². The minimum Gasteiger partial charge on any atom is -0.482 e. The minimum absolute atomic E-state index is 0.338. The van der Waals surface area contributed by atoms with Gasteiger partial charge in [-0.1, -0.05) is 0 Å². The molecule has 0 amide bonds. The molecule has 2 bridgehead atoms. The van der Waals surface area contributed by atoms with Crippen LogP contribution in [0.5, 0.6) is 0 Å². The highest BCUT2D eigenvalue weighted by molar-refractivity contribution is 7.67. The summed E-state index contributed by atoms with van der Waals surface area (Å²) in [6.45, 7) is 0. The van der Waals surface area contributed by atoms with E-state index in [0.717, 1.165) is 42.4 Å². The van der Waals surface area contributed by atoms with E-state index in [1.165, 1.54) is 0 Å². The van der Waals surface area contributed by atoms with E-state index >= 15 is 0 Å². The SMILES string of the molecule is O=C(O)C12BBBBBBBBC(C(=O)O)(B1)B2. The molecule has 0 saturated carbocycles. The lowest BCUT2D eigenvalue weighted by molar-refractivity contribution is -0.137. The van der Waals surface area contributed by atoms with Crippen LogP contribution in [0, 0.1) is 0 Å². The lowest BCUT2D eigenvalue weighted by Crippen LogP contribution is -2.67. The van der Waals surface area contributed by atoms with Crippen molar-refractivity contribution in [1.29, 1.82) is 0 Å². The molecular weight excluding hydrogens is 220 g/mol. The molecule has 0 aromatic heterocycles. The Balaban J connectivity index is 2.14. The maximum Gasteiger partial charge on any atom is 0.286 e. The Hall–Kier alpha value is -0.411. The molecule has 3 aliphatic heterocycles. The summed E-state index contributed by atoms with van der Waals surface area (Å²) in [5, 5.41) is 17.3. The quantitative estimate of drug-likeness (QED) is 0.464. The van der Waals surface area contributed by atoms with Crippen LogP contribution < -0.4 is 0 Å². The van der Waals surface area contributed by atoms with E-state index in [4.69, 9.17) is 0 Å². The van der Waals surface area contributed by atoms with Crippen LogP contribution in [0.1, 0.15) is 0 Å². The number of carbonyl (C=O) groups is 2. The second-order valence-electron chi connectivity index (χ2n) is 6.15. The first-order valence-electron chi connectivity index (χ1n) is 6.98. The van der Waals surface area contributed by atoms with Gasteiger partial charge in [0.1, 0.15) is 14.6 Å². The van der Waals surface area contributed by atoms with Crippen molar-refractivity contribution in [2.24, 2.45) is 0 Å². The molecule has 3 saturated heterocycles. The van der Waals surface area contributed by atoms with Crippen molar-refractivity contribution in [3.8, 4) is 0 Å². The van der Waals surface area contributed by atoms with Crippen LogP contribution in [0.25, 0.3) is 0 Å². The van der Waals surface area contributed by atoms with Gasteiger partial charge in [0.25, 0.3) is 11.9 Å². The van der Waals surface area contributed by atoms with Gasteiger partial charge in [0, 0.05) is 42.4 Å². The van der Waals surface area contributed by atoms with Gasteiger partial charge in [0.15, 0.2) is 0 Å². The molecule has 4 nitrogen and oxygen atoms in total. The maximum absolute atomic E-state index is 11.4. The first-order chi connectivity index (χ1) is 8.51. The molecule has 0 atom stereocenters. The van der Waals surface area contributed by atoms with Crippen molar-refractivity contribution in [2.45, 2.75) is 10.2 Å². The average molecular weight is 232 g/mol. The van der Waals surface area contributed by atoms with Gasteiger partial charge in [-0.25, -0.2) is 0 Å². The Morgan fingerprint density at radius 3 is 1.33 bits per heavy atom. The van der Waals surface area contributed by atoms with Crippen molar-refractivity contribution < 1.29 is 19.8 Å². The molecule has 82 valence electrons. The molecule has 0 aromatic rings. The third kappa shape index (κ3) is 2.48. The lowest BCUT2D eigenvalue weighted by Gasteiger charge is -2.50. The van der Waals surface area contributed by atoms with Gasteiger partial charge in [-0.2, -0.15) is 0 Å². The highest BCUT2D eigenvalue weighted by Gasteiger charge is 2.63.